The molecule has 2 atom stereocenters. The number of aromatic nitrogens is 3. The van der Waals surface area contributed by atoms with Crippen molar-refractivity contribution >= 4 is 11.7 Å². The van der Waals surface area contributed by atoms with E-state index in [4.69, 9.17) is 0 Å². The minimum absolute atomic E-state index is 0.316. The highest BCUT2D eigenvalue weighted by atomic mass is 16.3. The Balaban J connectivity index is 1.43. The van der Waals surface area contributed by atoms with Gasteiger partial charge in [-0.15, -0.1) is 0 Å². The largest absolute Gasteiger partial charge is 0.390 e. The van der Waals surface area contributed by atoms with Crippen molar-refractivity contribution in [3.05, 3.63) is 65.6 Å². The van der Waals surface area contributed by atoms with Gasteiger partial charge in [-0.25, -0.2) is 14.3 Å². The summed E-state index contributed by atoms with van der Waals surface area (Å²) < 4.78 is 1.68. The molecular formula is C17H17N5O2. The molecule has 0 radical (unpaired) electrons. The van der Waals surface area contributed by atoms with Gasteiger partial charge in [0.25, 0.3) is 0 Å². The van der Waals surface area contributed by atoms with Crippen LogP contribution < -0.4 is 10.6 Å². The summed E-state index contributed by atoms with van der Waals surface area (Å²) in [6, 6.07) is 10.7. The summed E-state index contributed by atoms with van der Waals surface area (Å²) in [5, 5.41) is 20.0. The number of nitrogens with one attached hydrogen (secondary N) is 2. The maximum atomic E-state index is 12.2. The van der Waals surface area contributed by atoms with Crippen molar-refractivity contribution in [1.82, 2.24) is 25.2 Å². The number of fused-ring (bicyclic) bond motifs is 2. The van der Waals surface area contributed by atoms with Crippen LogP contribution in [-0.4, -0.2) is 31.8 Å². The zero-order valence-corrected chi connectivity index (χ0v) is 12.9. The average Bonchev–Trinajstić information content (AvgIpc) is 3.18. The van der Waals surface area contributed by atoms with E-state index in [0.29, 0.717) is 13.0 Å². The molecule has 7 nitrogen and oxygen atoms in total. The van der Waals surface area contributed by atoms with E-state index in [-0.39, 0.29) is 12.1 Å². The third-order valence-electron chi connectivity index (χ3n) is 4.29. The molecule has 0 spiro atoms. The first-order valence-electron chi connectivity index (χ1n) is 7.80. The van der Waals surface area contributed by atoms with E-state index in [1.807, 2.05) is 24.3 Å². The predicted octanol–water partition coefficient (Wildman–Crippen LogP) is 1.19. The van der Waals surface area contributed by atoms with Gasteiger partial charge in [-0.1, -0.05) is 24.3 Å². The van der Waals surface area contributed by atoms with E-state index >= 15 is 0 Å². The van der Waals surface area contributed by atoms with Gasteiger partial charge in [0.05, 0.1) is 30.6 Å². The second-order valence-corrected chi connectivity index (χ2v) is 5.81. The van der Waals surface area contributed by atoms with E-state index in [9.17, 15) is 9.90 Å². The number of nitrogens with zero attached hydrogens (tertiary/aromatic N) is 3. The number of carbonyl (C=O) groups excluding carboxylic acids is 1. The number of carbonyl (C=O) groups is 1. The van der Waals surface area contributed by atoms with E-state index in [1.165, 1.54) is 0 Å². The number of benzene rings is 1. The number of hydrogen-bond acceptors (Lipinski definition) is 4. The monoisotopic (exact) mass is 323 g/mol. The Hall–Kier alpha value is -2.93. The highest BCUT2D eigenvalue weighted by molar-refractivity contribution is 5.74. The van der Waals surface area contributed by atoms with Gasteiger partial charge in [-0.05, 0) is 17.2 Å². The fourth-order valence-electron chi connectivity index (χ4n) is 3.13. The Bertz CT molecular complexity index is 891. The molecule has 3 N–H and O–H groups in total. The molecule has 3 aromatic rings. The number of amides is 2. The Morgan fingerprint density at radius 3 is 3.04 bits per heavy atom. The van der Waals surface area contributed by atoms with Gasteiger partial charge in [-0.2, -0.15) is 5.10 Å². The number of hydrogen-bond donors (Lipinski definition) is 3. The van der Waals surface area contributed by atoms with Gasteiger partial charge in [0, 0.05) is 18.7 Å². The van der Waals surface area contributed by atoms with E-state index in [2.05, 4.69) is 20.7 Å². The van der Waals surface area contributed by atoms with Gasteiger partial charge in [-0.3, -0.25) is 0 Å². The smallest absolute Gasteiger partial charge is 0.315 e. The van der Waals surface area contributed by atoms with Crippen molar-refractivity contribution in [3.8, 4) is 0 Å². The number of aliphatic hydroxyl groups is 1. The van der Waals surface area contributed by atoms with Crippen molar-refractivity contribution < 1.29 is 9.90 Å². The van der Waals surface area contributed by atoms with Gasteiger partial charge in [0.15, 0.2) is 5.65 Å². The topological polar surface area (TPSA) is 91.6 Å². The lowest BCUT2D eigenvalue weighted by Crippen LogP contribution is -2.40. The Kier molecular flexibility index (Phi) is 3.62. The van der Waals surface area contributed by atoms with Crippen LogP contribution in [0.2, 0.25) is 0 Å². The summed E-state index contributed by atoms with van der Waals surface area (Å²) in [6.45, 7) is 0.316. The van der Waals surface area contributed by atoms with Crippen LogP contribution in [0.25, 0.3) is 5.65 Å². The molecule has 0 bridgehead atoms. The van der Waals surface area contributed by atoms with Gasteiger partial charge >= 0.3 is 6.03 Å². The van der Waals surface area contributed by atoms with Crippen molar-refractivity contribution in [2.45, 2.75) is 25.1 Å². The Morgan fingerprint density at radius 1 is 1.25 bits per heavy atom. The summed E-state index contributed by atoms with van der Waals surface area (Å²) in [5.74, 6) is 0. The molecule has 2 aromatic heterocycles. The normalized spacial score (nSPS) is 19.2. The molecule has 2 unspecified atom stereocenters. The molecule has 0 saturated heterocycles. The standard InChI is InChI=1S/C17H17N5O2/c23-14-9-11-3-1-2-4-13(11)16(14)21-17(24)19-10-12-5-7-18-15-6-8-20-22(12)15/h1-8,14,16,23H,9-10H2,(H2,19,21,24). The molecule has 2 heterocycles. The van der Waals surface area contributed by atoms with E-state index in [1.54, 1.807) is 29.0 Å². The molecule has 1 aromatic carbocycles. The maximum absolute atomic E-state index is 12.2. The van der Waals surface area contributed by atoms with Crippen LogP contribution in [0.1, 0.15) is 22.9 Å². The lowest BCUT2D eigenvalue weighted by atomic mass is 10.1. The third kappa shape index (κ3) is 2.59. The first-order valence-corrected chi connectivity index (χ1v) is 7.80. The molecule has 1 aliphatic carbocycles. The van der Waals surface area contributed by atoms with Crippen LogP contribution in [0, 0.1) is 0 Å². The Morgan fingerprint density at radius 2 is 2.12 bits per heavy atom. The number of rotatable bonds is 3. The van der Waals surface area contributed by atoms with Crippen molar-refractivity contribution in [2.75, 3.05) is 0 Å². The van der Waals surface area contributed by atoms with Gasteiger partial charge < -0.3 is 15.7 Å². The fourth-order valence-corrected chi connectivity index (χ4v) is 3.13. The van der Waals surface area contributed by atoms with Crippen LogP contribution >= 0.6 is 0 Å². The molecule has 7 heteroatoms. The van der Waals surface area contributed by atoms with Crippen LogP contribution in [0.15, 0.2) is 48.8 Å². The van der Waals surface area contributed by atoms with E-state index in [0.717, 1.165) is 22.5 Å². The van der Waals surface area contributed by atoms with Crippen molar-refractivity contribution in [3.63, 3.8) is 0 Å². The third-order valence-corrected chi connectivity index (χ3v) is 4.29. The molecule has 4 rings (SSSR count). The Labute approximate surface area is 138 Å². The fraction of sp³-hybridized carbons (Fsp3) is 0.235. The summed E-state index contributed by atoms with van der Waals surface area (Å²) in [4.78, 5) is 16.4. The maximum Gasteiger partial charge on any atom is 0.315 e. The van der Waals surface area contributed by atoms with Crippen LogP contribution in [-0.2, 0) is 13.0 Å². The molecule has 1 aliphatic rings. The second-order valence-electron chi connectivity index (χ2n) is 5.81. The number of urea groups is 1. The van der Waals surface area contributed by atoms with Crippen LogP contribution in [0.3, 0.4) is 0 Å². The molecule has 0 saturated carbocycles. The average molecular weight is 323 g/mol. The summed E-state index contributed by atoms with van der Waals surface area (Å²) in [6.07, 6.45) is 3.30. The first-order chi connectivity index (χ1) is 11.7. The second kappa shape index (κ2) is 5.93. The molecule has 24 heavy (non-hydrogen) atoms. The minimum atomic E-state index is -0.605. The summed E-state index contributed by atoms with van der Waals surface area (Å²) in [7, 11) is 0. The predicted molar refractivity (Wildman–Crippen MR) is 87.3 cm³/mol. The molecule has 0 aliphatic heterocycles. The SMILES string of the molecule is O=C(NCc1ccnc2ccnn12)NC1c2ccccc2CC1O. The lowest BCUT2D eigenvalue weighted by Gasteiger charge is -2.18. The zero-order chi connectivity index (χ0) is 16.5. The highest BCUT2D eigenvalue weighted by Gasteiger charge is 2.31. The van der Waals surface area contributed by atoms with Crippen molar-refractivity contribution in [2.24, 2.45) is 0 Å². The molecule has 2 amide bonds. The zero-order valence-electron chi connectivity index (χ0n) is 12.9. The van der Waals surface area contributed by atoms with Crippen LogP contribution in [0.4, 0.5) is 4.79 Å². The summed E-state index contributed by atoms with van der Waals surface area (Å²) in [5.41, 5.74) is 3.60. The lowest BCUT2D eigenvalue weighted by molar-refractivity contribution is 0.142. The highest BCUT2D eigenvalue weighted by Crippen LogP contribution is 2.30. The summed E-state index contributed by atoms with van der Waals surface area (Å²) >= 11 is 0. The molecular weight excluding hydrogens is 306 g/mol. The van der Waals surface area contributed by atoms with Gasteiger partial charge in [0.2, 0.25) is 0 Å². The van der Waals surface area contributed by atoms with Gasteiger partial charge in [0.1, 0.15) is 0 Å². The first kappa shape index (κ1) is 14.6. The molecule has 0 fully saturated rings. The molecule has 122 valence electrons. The number of aliphatic hydroxyl groups excluding tert-OH is 1. The van der Waals surface area contributed by atoms with Crippen LogP contribution in [0.5, 0.6) is 0 Å². The van der Waals surface area contributed by atoms with Crippen molar-refractivity contribution in [1.29, 1.82) is 0 Å². The van der Waals surface area contributed by atoms with E-state index < -0.39 is 6.10 Å². The minimum Gasteiger partial charge on any atom is -0.390 e. The quantitative estimate of drug-likeness (QED) is 0.675.